The molecule has 3 N–H and O–H groups in total. The second kappa shape index (κ2) is 20.1. The van der Waals surface area contributed by atoms with Gasteiger partial charge in [0.2, 0.25) is 11.8 Å². The van der Waals surface area contributed by atoms with Crippen LogP contribution in [0.1, 0.15) is 40.9 Å². The number of fused-ring (bicyclic) bond motifs is 2. The van der Waals surface area contributed by atoms with E-state index < -0.39 is 11.6 Å². The van der Waals surface area contributed by atoms with Crippen LogP contribution in [0.15, 0.2) is 130 Å². The number of esters is 1. The van der Waals surface area contributed by atoms with Crippen LogP contribution in [-0.4, -0.2) is 67.4 Å². The molecule has 2 aromatic heterocycles. The molecule has 66 heavy (non-hydrogen) atoms. The lowest BCUT2D eigenvalue weighted by Gasteiger charge is -2.18. The van der Waals surface area contributed by atoms with Gasteiger partial charge in [-0.15, -0.1) is 0 Å². The lowest BCUT2D eigenvalue weighted by molar-refractivity contribution is -0.118. The fourth-order valence-corrected chi connectivity index (χ4v) is 6.72. The largest absolute Gasteiger partial charge is 0.497 e. The quantitative estimate of drug-likeness (QED) is 0.0875. The number of hydrogen-bond acceptors (Lipinski definition) is 13. The molecule has 0 aliphatic rings. The predicted octanol–water partition coefficient (Wildman–Crippen LogP) is 9.67. The summed E-state index contributed by atoms with van der Waals surface area (Å²) in [6.07, 6.45) is 0. The van der Waals surface area contributed by atoms with Gasteiger partial charge in [-0.05, 0) is 112 Å². The Bertz CT molecular complexity index is 3010. The molecule has 0 aliphatic carbocycles. The third-order valence-electron chi connectivity index (χ3n) is 10.2. The number of aryl methyl sites for hydroxylation is 2. The van der Waals surface area contributed by atoms with Crippen molar-refractivity contribution in [2.75, 3.05) is 45.2 Å². The van der Waals surface area contributed by atoms with E-state index in [0.717, 1.165) is 16.7 Å². The first kappa shape index (κ1) is 45.8. The summed E-state index contributed by atoms with van der Waals surface area (Å²) in [6, 6.07) is 35.9. The molecule has 0 unspecified atom stereocenters. The topological polar surface area (TPSA) is 194 Å². The summed E-state index contributed by atoms with van der Waals surface area (Å²) in [7, 11) is 4.36. The molecule has 0 aliphatic heterocycles. The normalized spacial score (nSPS) is 11.0. The average Bonchev–Trinajstić information content (AvgIpc) is 3.95. The summed E-state index contributed by atoms with van der Waals surface area (Å²) in [6.45, 7) is 7.03. The number of aromatic nitrogens is 2. The molecular formula is C51H48N4O11. The molecule has 2 amide bonds. The van der Waals surface area contributed by atoms with E-state index in [2.05, 4.69) is 20.6 Å². The smallest absolute Gasteiger partial charge is 0.341 e. The van der Waals surface area contributed by atoms with E-state index in [1.807, 2.05) is 74.5 Å². The highest BCUT2D eigenvalue weighted by atomic mass is 16.5. The first-order valence-corrected chi connectivity index (χ1v) is 20.7. The summed E-state index contributed by atoms with van der Waals surface area (Å²) in [5.74, 6) is 2.06. The number of ether oxygens (including phenoxy) is 5. The lowest BCUT2D eigenvalue weighted by atomic mass is 9.97. The van der Waals surface area contributed by atoms with Gasteiger partial charge in [-0.3, -0.25) is 9.59 Å². The van der Waals surface area contributed by atoms with Crippen LogP contribution in [0, 0.1) is 13.8 Å². The van der Waals surface area contributed by atoms with Gasteiger partial charge in [-0.1, -0.05) is 36.4 Å². The maximum atomic E-state index is 12.3. The highest BCUT2D eigenvalue weighted by Gasteiger charge is 2.25. The number of amides is 2. The molecule has 8 rings (SSSR count). The molecule has 8 aromatic rings. The molecule has 2 heterocycles. The van der Waals surface area contributed by atoms with Crippen molar-refractivity contribution in [2.45, 2.75) is 33.3 Å². The molecule has 0 atom stereocenters. The maximum absolute atomic E-state index is 12.3. The summed E-state index contributed by atoms with van der Waals surface area (Å²) in [5, 5.41) is 16.2. The Kier molecular flexibility index (Phi) is 14.0. The zero-order chi connectivity index (χ0) is 47.0. The Morgan fingerprint density at radius 1 is 0.606 bits per heavy atom. The average molecular weight is 893 g/mol. The van der Waals surface area contributed by atoms with Crippen LogP contribution in [-0.2, 0) is 19.9 Å². The third kappa shape index (κ3) is 10.9. The van der Waals surface area contributed by atoms with Crippen molar-refractivity contribution in [3.05, 3.63) is 144 Å². The van der Waals surface area contributed by atoms with Gasteiger partial charge in [0, 0.05) is 40.2 Å². The van der Waals surface area contributed by atoms with Crippen LogP contribution < -0.4 is 29.6 Å². The van der Waals surface area contributed by atoms with Crippen LogP contribution in [0.2, 0.25) is 0 Å². The number of oxazole rings is 2. The Hall–Kier alpha value is -8.17. The zero-order valence-corrected chi connectivity index (χ0v) is 37.4. The summed E-state index contributed by atoms with van der Waals surface area (Å²) >= 11 is 0. The molecular weight excluding hydrogens is 845 g/mol. The van der Waals surface area contributed by atoms with Crippen LogP contribution in [0.3, 0.4) is 0 Å². The van der Waals surface area contributed by atoms with Crippen molar-refractivity contribution >= 4 is 51.4 Å². The number of aliphatic hydroxyl groups is 1. The van der Waals surface area contributed by atoms with Gasteiger partial charge in [0.15, 0.2) is 24.4 Å². The highest BCUT2D eigenvalue weighted by Crippen LogP contribution is 2.36. The van der Waals surface area contributed by atoms with Gasteiger partial charge in [-0.25, -0.2) is 14.8 Å². The number of benzene rings is 6. The first-order chi connectivity index (χ1) is 31.7. The van der Waals surface area contributed by atoms with Gasteiger partial charge in [-0.2, -0.15) is 0 Å². The fourth-order valence-electron chi connectivity index (χ4n) is 6.72. The summed E-state index contributed by atoms with van der Waals surface area (Å²) < 4.78 is 38.4. The Labute approximate surface area is 380 Å². The SMILES string of the molecule is COC(=O)c1cc(OC)cc2nc(-c3ccc(NC(=O)COc4ccccc4C)cc3)oc12.COc1cc(C(C)(C)O)c2oc(-c3ccc(NC(=O)COc4ccccc4C)cc3)nc2c1. The van der Waals surface area contributed by atoms with E-state index in [4.69, 9.17) is 32.5 Å². The van der Waals surface area contributed by atoms with Crippen molar-refractivity contribution in [2.24, 2.45) is 0 Å². The van der Waals surface area contributed by atoms with Crippen LogP contribution >= 0.6 is 0 Å². The predicted molar refractivity (Wildman–Crippen MR) is 249 cm³/mol. The lowest BCUT2D eigenvalue weighted by Crippen LogP contribution is -2.20. The number of carbonyl (C=O) groups is 3. The minimum atomic E-state index is -1.13. The van der Waals surface area contributed by atoms with E-state index in [1.54, 1.807) is 81.6 Å². The Morgan fingerprint density at radius 2 is 1.05 bits per heavy atom. The molecule has 6 aromatic carbocycles. The molecule has 0 saturated heterocycles. The maximum Gasteiger partial charge on any atom is 0.341 e. The van der Waals surface area contributed by atoms with Crippen molar-refractivity contribution < 1.29 is 52.0 Å². The second-order valence-corrected chi connectivity index (χ2v) is 15.5. The molecule has 0 saturated carbocycles. The molecule has 15 nitrogen and oxygen atoms in total. The van der Waals surface area contributed by atoms with Gasteiger partial charge in [0.05, 0.1) is 26.9 Å². The van der Waals surface area contributed by atoms with E-state index in [1.165, 1.54) is 14.2 Å². The number of anilines is 2. The summed E-state index contributed by atoms with van der Waals surface area (Å²) in [4.78, 5) is 45.7. The number of nitrogens with zero attached hydrogens (tertiary/aromatic N) is 2. The number of rotatable bonds is 14. The number of hydrogen-bond donors (Lipinski definition) is 3. The second-order valence-electron chi connectivity index (χ2n) is 15.5. The number of methoxy groups -OCH3 is 3. The Balaban J connectivity index is 0.000000196. The Morgan fingerprint density at radius 3 is 1.48 bits per heavy atom. The molecule has 0 spiro atoms. The fraction of sp³-hybridized carbons (Fsp3) is 0.196. The van der Waals surface area contributed by atoms with Crippen molar-refractivity contribution in [3.8, 4) is 45.9 Å². The standard InChI is InChI=1S/C26H26N2O5.C25H22N2O6/c1-16-7-5-6-8-22(16)32-15-23(29)27-18-11-9-17(10-12-18)25-28-21-14-19(31-4)13-20(24(21)33-25)26(2,3)30;1-15-6-4-5-7-21(15)32-14-22(28)26-17-10-8-16(9-11-17)24-27-20-13-18(30-2)12-19(23(20)33-24)25(29)31-3/h5-14,30H,15H2,1-4H3,(H,27,29);4-13H,14H2,1-3H3,(H,26,28). The molecule has 15 heteroatoms. The van der Waals surface area contributed by atoms with E-state index in [-0.39, 0.29) is 30.6 Å². The molecule has 0 bridgehead atoms. The van der Waals surface area contributed by atoms with Gasteiger partial charge in [0.1, 0.15) is 39.6 Å². The van der Waals surface area contributed by atoms with Gasteiger partial charge in [0.25, 0.3) is 11.8 Å². The van der Waals surface area contributed by atoms with E-state index >= 15 is 0 Å². The van der Waals surface area contributed by atoms with Crippen molar-refractivity contribution in [1.29, 1.82) is 0 Å². The number of carbonyl (C=O) groups excluding carboxylic acids is 3. The monoisotopic (exact) mass is 892 g/mol. The van der Waals surface area contributed by atoms with Gasteiger partial charge < -0.3 is 48.3 Å². The van der Waals surface area contributed by atoms with Crippen molar-refractivity contribution in [1.82, 2.24) is 9.97 Å². The van der Waals surface area contributed by atoms with Crippen LogP contribution in [0.5, 0.6) is 23.0 Å². The minimum Gasteiger partial charge on any atom is -0.497 e. The van der Waals surface area contributed by atoms with Crippen LogP contribution in [0.25, 0.3) is 45.1 Å². The van der Waals surface area contributed by atoms with E-state index in [9.17, 15) is 19.5 Å². The first-order valence-electron chi connectivity index (χ1n) is 20.7. The minimum absolute atomic E-state index is 0.0840. The highest BCUT2D eigenvalue weighted by molar-refractivity contribution is 6.02. The number of para-hydroxylation sites is 2. The van der Waals surface area contributed by atoms with E-state index in [0.29, 0.717) is 79.5 Å². The van der Waals surface area contributed by atoms with Gasteiger partial charge >= 0.3 is 5.97 Å². The summed E-state index contributed by atoms with van der Waals surface area (Å²) in [5.41, 5.74) is 6.14. The van der Waals surface area contributed by atoms with Crippen molar-refractivity contribution in [3.63, 3.8) is 0 Å². The number of nitrogens with one attached hydrogen (secondary N) is 2. The zero-order valence-electron chi connectivity index (χ0n) is 37.4. The third-order valence-corrected chi connectivity index (χ3v) is 10.2. The van der Waals surface area contributed by atoms with Crippen LogP contribution in [0.4, 0.5) is 11.4 Å². The molecule has 338 valence electrons. The molecule has 0 fully saturated rings. The molecule has 0 radical (unpaired) electrons.